The molecular weight excluding hydrogens is 296 g/mol. The lowest BCUT2D eigenvalue weighted by molar-refractivity contribution is 0.103. The summed E-state index contributed by atoms with van der Waals surface area (Å²) in [5.41, 5.74) is 2.40. The highest BCUT2D eigenvalue weighted by Crippen LogP contribution is 2.24. The number of carbonyl (C=O) groups excluding carboxylic acids is 1. The van der Waals surface area contributed by atoms with Gasteiger partial charge in [0, 0.05) is 16.1 Å². The van der Waals surface area contributed by atoms with Gasteiger partial charge in [-0.2, -0.15) is 0 Å². The summed E-state index contributed by atoms with van der Waals surface area (Å²) in [6.45, 7) is 6.12. The number of aryl methyl sites for hydroxylation is 1. The number of ketones is 1. The van der Waals surface area contributed by atoms with Crippen LogP contribution in [0.3, 0.4) is 0 Å². The van der Waals surface area contributed by atoms with E-state index < -0.39 is 0 Å². The molecule has 2 rings (SSSR count). The van der Waals surface area contributed by atoms with Gasteiger partial charge < -0.3 is 4.74 Å². The predicted molar refractivity (Wildman–Crippen MR) is 91.1 cm³/mol. The molecule has 0 spiro atoms. The van der Waals surface area contributed by atoms with Crippen LogP contribution in [0.25, 0.3) is 0 Å². The molecule has 0 N–H and O–H groups in total. The van der Waals surface area contributed by atoms with E-state index >= 15 is 0 Å². The van der Waals surface area contributed by atoms with Gasteiger partial charge in [0.25, 0.3) is 0 Å². The fourth-order valence-electron chi connectivity index (χ4n) is 2.32. The van der Waals surface area contributed by atoms with E-state index in [1.807, 2.05) is 32.0 Å². The SMILES string of the molecule is CCCc1cc(C(=O)c2ccc(Cl)cc2)ccc1OC(C)C. The van der Waals surface area contributed by atoms with E-state index in [9.17, 15) is 4.79 Å². The van der Waals surface area contributed by atoms with E-state index in [0.717, 1.165) is 24.2 Å². The summed E-state index contributed by atoms with van der Waals surface area (Å²) < 4.78 is 5.83. The largest absolute Gasteiger partial charge is 0.491 e. The Balaban J connectivity index is 2.32. The number of hydrogen-bond acceptors (Lipinski definition) is 2. The molecule has 0 aliphatic heterocycles. The van der Waals surface area contributed by atoms with Crippen LogP contribution in [0.4, 0.5) is 0 Å². The maximum atomic E-state index is 12.6. The van der Waals surface area contributed by atoms with Crippen LogP contribution in [0.1, 0.15) is 48.7 Å². The fourth-order valence-corrected chi connectivity index (χ4v) is 2.45. The van der Waals surface area contributed by atoms with E-state index in [4.69, 9.17) is 16.3 Å². The molecule has 0 saturated heterocycles. The summed E-state index contributed by atoms with van der Waals surface area (Å²) in [5.74, 6) is 0.870. The van der Waals surface area contributed by atoms with Crippen LogP contribution in [-0.2, 0) is 6.42 Å². The molecule has 0 unspecified atom stereocenters. The van der Waals surface area contributed by atoms with Gasteiger partial charge in [0.15, 0.2) is 5.78 Å². The standard InChI is InChI=1S/C19H21ClO2/c1-4-5-15-12-16(8-11-18(15)22-13(2)3)19(21)14-6-9-17(20)10-7-14/h6-13H,4-5H2,1-3H3. The van der Waals surface area contributed by atoms with Crippen molar-refractivity contribution in [1.82, 2.24) is 0 Å². The third-order valence-corrected chi connectivity index (χ3v) is 3.56. The Bertz CT molecular complexity index is 645. The molecule has 0 bridgehead atoms. The molecule has 0 amide bonds. The molecule has 0 aromatic heterocycles. The van der Waals surface area contributed by atoms with Crippen LogP contribution in [0, 0.1) is 0 Å². The normalized spacial score (nSPS) is 10.8. The summed E-state index contributed by atoms with van der Waals surface area (Å²) in [5, 5.41) is 0.629. The molecule has 22 heavy (non-hydrogen) atoms. The molecule has 3 heteroatoms. The van der Waals surface area contributed by atoms with Crippen LogP contribution < -0.4 is 4.74 Å². The molecule has 2 nitrogen and oxygen atoms in total. The lowest BCUT2D eigenvalue weighted by Gasteiger charge is -2.15. The van der Waals surface area contributed by atoms with E-state index in [0.29, 0.717) is 16.1 Å². The molecule has 0 radical (unpaired) electrons. The highest BCUT2D eigenvalue weighted by atomic mass is 35.5. The third kappa shape index (κ3) is 4.11. The van der Waals surface area contributed by atoms with Crippen molar-refractivity contribution in [1.29, 1.82) is 0 Å². The van der Waals surface area contributed by atoms with Crippen molar-refractivity contribution < 1.29 is 9.53 Å². The first kappa shape index (κ1) is 16.6. The lowest BCUT2D eigenvalue weighted by Crippen LogP contribution is -2.09. The Hall–Kier alpha value is -1.80. The quantitative estimate of drug-likeness (QED) is 0.675. The third-order valence-electron chi connectivity index (χ3n) is 3.31. The number of benzene rings is 2. The number of halogens is 1. The smallest absolute Gasteiger partial charge is 0.193 e. The van der Waals surface area contributed by atoms with Crippen molar-refractivity contribution >= 4 is 17.4 Å². The second-order valence-electron chi connectivity index (χ2n) is 5.58. The molecular formula is C19H21ClO2. The van der Waals surface area contributed by atoms with E-state index in [1.54, 1.807) is 24.3 Å². The van der Waals surface area contributed by atoms with Gasteiger partial charge >= 0.3 is 0 Å². The van der Waals surface area contributed by atoms with Crippen molar-refractivity contribution in [3.05, 3.63) is 64.2 Å². The number of rotatable bonds is 6. The van der Waals surface area contributed by atoms with Gasteiger partial charge in [0.2, 0.25) is 0 Å². The van der Waals surface area contributed by atoms with Crippen LogP contribution in [0.15, 0.2) is 42.5 Å². The van der Waals surface area contributed by atoms with Crippen molar-refractivity contribution in [3.63, 3.8) is 0 Å². The first-order valence-corrected chi connectivity index (χ1v) is 7.99. The van der Waals surface area contributed by atoms with Crippen LogP contribution in [0.2, 0.25) is 5.02 Å². The minimum atomic E-state index is 0.00474. The predicted octanol–water partition coefficient (Wildman–Crippen LogP) is 5.31. The van der Waals surface area contributed by atoms with Crippen molar-refractivity contribution in [3.8, 4) is 5.75 Å². The monoisotopic (exact) mass is 316 g/mol. The lowest BCUT2D eigenvalue weighted by atomic mass is 9.99. The van der Waals surface area contributed by atoms with Gasteiger partial charge in [-0.3, -0.25) is 4.79 Å². The first-order chi connectivity index (χ1) is 10.5. The topological polar surface area (TPSA) is 26.3 Å². The molecule has 0 aliphatic carbocycles. The van der Waals surface area contributed by atoms with Crippen molar-refractivity contribution in [2.75, 3.05) is 0 Å². The zero-order valence-electron chi connectivity index (χ0n) is 13.2. The average molecular weight is 317 g/mol. The highest BCUT2D eigenvalue weighted by molar-refractivity contribution is 6.30. The maximum absolute atomic E-state index is 12.6. The van der Waals surface area contributed by atoms with Gasteiger partial charge in [-0.25, -0.2) is 0 Å². The highest BCUT2D eigenvalue weighted by Gasteiger charge is 2.13. The van der Waals surface area contributed by atoms with Crippen LogP contribution in [-0.4, -0.2) is 11.9 Å². The Morgan fingerprint density at radius 2 is 1.73 bits per heavy atom. The van der Waals surface area contributed by atoms with E-state index in [1.165, 1.54) is 0 Å². The molecule has 2 aromatic rings. The van der Waals surface area contributed by atoms with Gasteiger partial charge in [0.1, 0.15) is 5.75 Å². The molecule has 2 aromatic carbocycles. The molecule has 0 saturated carbocycles. The van der Waals surface area contributed by atoms with Crippen molar-refractivity contribution in [2.24, 2.45) is 0 Å². The Labute approximate surface area is 137 Å². The molecule has 0 aliphatic rings. The van der Waals surface area contributed by atoms with Crippen molar-refractivity contribution in [2.45, 2.75) is 39.7 Å². The van der Waals surface area contributed by atoms with Gasteiger partial charge in [-0.15, -0.1) is 0 Å². The Morgan fingerprint density at radius 3 is 2.32 bits per heavy atom. The summed E-state index contributed by atoms with van der Waals surface area (Å²) in [6.07, 6.45) is 2.02. The maximum Gasteiger partial charge on any atom is 0.193 e. The number of ether oxygens (including phenoxy) is 1. The Kier molecular flexibility index (Phi) is 5.62. The van der Waals surface area contributed by atoms with Crippen LogP contribution in [0.5, 0.6) is 5.75 Å². The molecule has 0 heterocycles. The minimum Gasteiger partial charge on any atom is -0.491 e. The average Bonchev–Trinajstić information content (AvgIpc) is 2.49. The second kappa shape index (κ2) is 7.46. The first-order valence-electron chi connectivity index (χ1n) is 7.61. The molecule has 0 atom stereocenters. The van der Waals surface area contributed by atoms with Gasteiger partial charge in [0.05, 0.1) is 6.10 Å². The zero-order chi connectivity index (χ0) is 16.1. The zero-order valence-corrected chi connectivity index (χ0v) is 14.0. The van der Waals surface area contributed by atoms with E-state index in [-0.39, 0.29) is 11.9 Å². The fraction of sp³-hybridized carbons (Fsp3) is 0.316. The number of carbonyl (C=O) groups is 1. The van der Waals surface area contributed by atoms with Gasteiger partial charge in [-0.05, 0) is 68.3 Å². The minimum absolute atomic E-state index is 0.00474. The summed E-state index contributed by atoms with van der Waals surface area (Å²) >= 11 is 5.87. The van der Waals surface area contributed by atoms with Gasteiger partial charge in [-0.1, -0.05) is 24.9 Å². The van der Waals surface area contributed by atoms with Crippen LogP contribution >= 0.6 is 11.6 Å². The summed E-state index contributed by atoms with van der Waals surface area (Å²) in [6, 6.07) is 12.6. The Morgan fingerprint density at radius 1 is 1.09 bits per heavy atom. The molecule has 116 valence electrons. The number of hydrogen-bond donors (Lipinski definition) is 0. The summed E-state index contributed by atoms with van der Waals surface area (Å²) in [4.78, 5) is 12.6. The summed E-state index contributed by atoms with van der Waals surface area (Å²) in [7, 11) is 0. The van der Waals surface area contributed by atoms with E-state index in [2.05, 4.69) is 6.92 Å². The second-order valence-corrected chi connectivity index (χ2v) is 6.01. The molecule has 0 fully saturated rings.